The van der Waals surface area contributed by atoms with E-state index in [9.17, 15) is 9.18 Å². The van der Waals surface area contributed by atoms with Crippen LogP contribution in [0.25, 0.3) is 0 Å². The second-order valence-electron chi connectivity index (χ2n) is 4.24. The van der Waals surface area contributed by atoms with Crippen LogP contribution in [0, 0.1) is 17.7 Å². The van der Waals surface area contributed by atoms with Gasteiger partial charge in [0.1, 0.15) is 5.82 Å². The second-order valence-corrected chi connectivity index (χ2v) is 5.10. The zero-order chi connectivity index (χ0) is 11.7. The van der Waals surface area contributed by atoms with Crippen molar-refractivity contribution in [2.75, 3.05) is 5.32 Å². The summed E-state index contributed by atoms with van der Waals surface area (Å²) in [6.45, 7) is 1.92. The van der Waals surface area contributed by atoms with Crippen LogP contribution in [-0.4, -0.2) is 5.91 Å². The van der Waals surface area contributed by atoms with Crippen molar-refractivity contribution in [1.82, 2.24) is 0 Å². The largest absolute Gasteiger partial charge is 0.326 e. The fraction of sp³-hybridized carbons (Fsp3) is 0.417. The molecule has 1 amide bonds. The van der Waals surface area contributed by atoms with E-state index < -0.39 is 0 Å². The van der Waals surface area contributed by atoms with E-state index in [-0.39, 0.29) is 17.6 Å². The lowest BCUT2D eigenvalue weighted by molar-refractivity contribution is -0.119. The van der Waals surface area contributed by atoms with E-state index in [0.29, 0.717) is 16.1 Å². The minimum Gasteiger partial charge on any atom is -0.326 e. The molecule has 0 radical (unpaired) electrons. The van der Waals surface area contributed by atoms with Crippen LogP contribution < -0.4 is 5.32 Å². The number of halogens is 2. The molecule has 86 valence electrons. The van der Waals surface area contributed by atoms with E-state index in [4.69, 9.17) is 0 Å². The lowest BCUT2D eigenvalue weighted by atomic mass is 10.1. The van der Waals surface area contributed by atoms with Crippen LogP contribution in [-0.2, 0) is 4.79 Å². The van der Waals surface area contributed by atoms with Crippen molar-refractivity contribution in [3.05, 3.63) is 28.5 Å². The van der Waals surface area contributed by atoms with Crippen LogP contribution in [0.4, 0.5) is 10.1 Å². The Morgan fingerprint density at radius 1 is 1.56 bits per heavy atom. The van der Waals surface area contributed by atoms with Gasteiger partial charge in [0.2, 0.25) is 5.91 Å². The van der Waals surface area contributed by atoms with E-state index >= 15 is 0 Å². The summed E-state index contributed by atoms with van der Waals surface area (Å²) in [4.78, 5) is 11.7. The number of carbonyl (C=O) groups excluding carboxylic acids is 1. The number of hydrogen-bond donors (Lipinski definition) is 1. The number of benzene rings is 1. The van der Waals surface area contributed by atoms with Crippen LogP contribution >= 0.6 is 15.9 Å². The minimum absolute atomic E-state index is 0.0201. The van der Waals surface area contributed by atoms with E-state index in [1.54, 1.807) is 12.1 Å². The quantitative estimate of drug-likeness (QED) is 0.904. The van der Waals surface area contributed by atoms with E-state index in [0.717, 1.165) is 12.8 Å². The van der Waals surface area contributed by atoms with Crippen molar-refractivity contribution < 1.29 is 9.18 Å². The summed E-state index contributed by atoms with van der Waals surface area (Å²) in [7, 11) is 0. The second kappa shape index (κ2) is 4.53. The number of anilines is 1. The number of carbonyl (C=O) groups is 1. The summed E-state index contributed by atoms with van der Waals surface area (Å²) in [6.07, 6.45) is 2.26. The van der Waals surface area contributed by atoms with Gasteiger partial charge >= 0.3 is 0 Å². The maximum atomic E-state index is 13.2. The van der Waals surface area contributed by atoms with Crippen molar-refractivity contribution in [2.45, 2.75) is 19.8 Å². The van der Waals surface area contributed by atoms with Gasteiger partial charge in [0.25, 0.3) is 0 Å². The average molecular weight is 286 g/mol. The third kappa shape index (κ3) is 2.61. The summed E-state index contributed by atoms with van der Waals surface area (Å²) in [5.74, 6) is 0.146. The van der Waals surface area contributed by atoms with Gasteiger partial charge in [-0.1, -0.05) is 6.92 Å². The molecule has 0 aromatic heterocycles. The normalized spacial score (nSPS) is 16.9. The van der Waals surface area contributed by atoms with Gasteiger partial charge in [-0.25, -0.2) is 4.39 Å². The number of amides is 1. The molecule has 1 fully saturated rings. The Morgan fingerprint density at radius 3 is 2.81 bits per heavy atom. The zero-order valence-corrected chi connectivity index (χ0v) is 10.6. The monoisotopic (exact) mass is 285 g/mol. The first-order valence-corrected chi connectivity index (χ1v) is 6.13. The molecule has 0 aliphatic heterocycles. The first-order valence-electron chi connectivity index (χ1n) is 5.34. The molecule has 0 bridgehead atoms. The molecule has 1 aliphatic rings. The summed E-state index contributed by atoms with van der Waals surface area (Å²) in [6, 6.07) is 4.60. The molecule has 1 saturated carbocycles. The molecule has 0 saturated heterocycles. The van der Waals surface area contributed by atoms with Gasteiger partial charge in [0.15, 0.2) is 0 Å². The van der Waals surface area contributed by atoms with Gasteiger partial charge in [-0.05, 0) is 52.9 Å². The molecular weight excluding hydrogens is 273 g/mol. The van der Waals surface area contributed by atoms with Crippen LogP contribution in [0.15, 0.2) is 22.7 Å². The standard InChI is InChI=1S/C12H13BrFNO/c1-7(8-2-3-8)12(16)15-9-4-5-10(13)11(14)6-9/h4-8H,2-3H2,1H3,(H,15,16). The first kappa shape index (κ1) is 11.6. The maximum absolute atomic E-state index is 13.2. The lowest BCUT2D eigenvalue weighted by Gasteiger charge is -2.11. The molecule has 0 heterocycles. The zero-order valence-electron chi connectivity index (χ0n) is 8.97. The summed E-state index contributed by atoms with van der Waals surface area (Å²) in [5.41, 5.74) is 0.512. The number of nitrogens with one attached hydrogen (secondary N) is 1. The highest BCUT2D eigenvalue weighted by Gasteiger charge is 2.32. The van der Waals surface area contributed by atoms with Crippen LogP contribution in [0.1, 0.15) is 19.8 Å². The molecule has 4 heteroatoms. The number of rotatable bonds is 3. The van der Waals surface area contributed by atoms with Gasteiger partial charge in [-0.3, -0.25) is 4.79 Å². The molecule has 1 aromatic carbocycles. The van der Waals surface area contributed by atoms with Crippen molar-refractivity contribution >= 4 is 27.5 Å². The van der Waals surface area contributed by atoms with Crippen molar-refractivity contribution in [3.8, 4) is 0 Å². The Morgan fingerprint density at radius 2 is 2.25 bits per heavy atom. The van der Waals surface area contributed by atoms with Crippen molar-refractivity contribution in [1.29, 1.82) is 0 Å². The summed E-state index contributed by atoms with van der Waals surface area (Å²) < 4.78 is 13.6. The molecule has 0 spiro atoms. The topological polar surface area (TPSA) is 29.1 Å². The van der Waals surface area contributed by atoms with Crippen molar-refractivity contribution in [2.24, 2.45) is 11.8 Å². The highest BCUT2D eigenvalue weighted by atomic mass is 79.9. The Labute approximate surface area is 102 Å². The van der Waals surface area contributed by atoms with Crippen LogP contribution in [0.3, 0.4) is 0 Å². The first-order chi connectivity index (χ1) is 7.58. The molecule has 1 N–H and O–H groups in total. The van der Waals surface area contributed by atoms with Gasteiger partial charge in [-0.2, -0.15) is 0 Å². The fourth-order valence-electron chi connectivity index (χ4n) is 1.64. The molecular formula is C12H13BrFNO. The Hall–Kier alpha value is -0.900. The molecule has 1 unspecified atom stereocenters. The average Bonchev–Trinajstić information content (AvgIpc) is 3.06. The lowest BCUT2D eigenvalue weighted by Crippen LogP contribution is -2.21. The number of hydrogen-bond acceptors (Lipinski definition) is 1. The van der Waals surface area contributed by atoms with E-state index in [1.807, 2.05) is 6.92 Å². The summed E-state index contributed by atoms with van der Waals surface area (Å²) in [5, 5.41) is 2.73. The molecule has 1 aliphatic carbocycles. The van der Waals surface area contributed by atoms with E-state index in [1.165, 1.54) is 6.07 Å². The SMILES string of the molecule is CC(C(=O)Nc1ccc(Br)c(F)c1)C1CC1. The van der Waals surface area contributed by atoms with Gasteiger partial charge in [-0.15, -0.1) is 0 Å². The Kier molecular flexibility index (Phi) is 3.28. The maximum Gasteiger partial charge on any atom is 0.227 e. The Bertz CT molecular complexity index is 417. The van der Waals surface area contributed by atoms with Crippen LogP contribution in [0.5, 0.6) is 0 Å². The predicted octanol–water partition coefficient (Wildman–Crippen LogP) is 3.57. The smallest absolute Gasteiger partial charge is 0.227 e. The minimum atomic E-state index is -0.364. The predicted molar refractivity (Wildman–Crippen MR) is 64.6 cm³/mol. The molecule has 1 aromatic rings. The highest BCUT2D eigenvalue weighted by molar-refractivity contribution is 9.10. The highest BCUT2D eigenvalue weighted by Crippen LogP contribution is 2.37. The third-order valence-electron chi connectivity index (χ3n) is 2.93. The van der Waals surface area contributed by atoms with Crippen molar-refractivity contribution in [3.63, 3.8) is 0 Å². The molecule has 1 atom stereocenters. The fourth-order valence-corrected chi connectivity index (χ4v) is 1.89. The van der Waals surface area contributed by atoms with E-state index in [2.05, 4.69) is 21.2 Å². The van der Waals surface area contributed by atoms with Crippen LogP contribution in [0.2, 0.25) is 0 Å². The molecule has 16 heavy (non-hydrogen) atoms. The molecule has 2 rings (SSSR count). The Balaban J connectivity index is 2.02. The van der Waals surface area contributed by atoms with Gasteiger partial charge in [0.05, 0.1) is 4.47 Å². The van der Waals surface area contributed by atoms with Gasteiger partial charge in [0, 0.05) is 11.6 Å². The summed E-state index contributed by atoms with van der Waals surface area (Å²) >= 11 is 3.07. The molecule has 2 nitrogen and oxygen atoms in total. The third-order valence-corrected chi connectivity index (χ3v) is 3.57. The van der Waals surface area contributed by atoms with Gasteiger partial charge < -0.3 is 5.32 Å².